The van der Waals surface area contributed by atoms with Crippen molar-refractivity contribution in [1.29, 1.82) is 0 Å². The van der Waals surface area contributed by atoms with Crippen molar-refractivity contribution >= 4 is 53.9 Å². The fourth-order valence-corrected chi connectivity index (χ4v) is 15.1. The second-order valence-corrected chi connectivity index (χ2v) is 23.3. The van der Waals surface area contributed by atoms with Crippen LogP contribution in [0.3, 0.4) is 0 Å². The molecule has 0 fully saturated rings. The van der Waals surface area contributed by atoms with Crippen LogP contribution >= 0.6 is 0 Å². The Balaban J connectivity index is 1.05. The predicted octanol–water partition coefficient (Wildman–Crippen LogP) is 24.1. The van der Waals surface area contributed by atoms with E-state index in [2.05, 4.69) is 315 Å². The summed E-state index contributed by atoms with van der Waals surface area (Å²) in [4.78, 5) is 0. The fourth-order valence-electron chi connectivity index (χ4n) is 15.1. The molecule has 0 bridgehead atoms. The summed E-state index contributed by atoms with van der Waals surface area (Å²) in [5.41, 5.74) is 29.6. The molecule has 86 heavy (non-hydrogen) atoms. The van der Waals surface area contributed by atoms with Crippen LogP contribution in [0.2, 0.25) is 0 Å². The number of rotatable bonds is 8. The molecule has 0 aliphatic heterocycles. The lowest BCUT2D eigenvalue weighted by Crippen LogP contribution is -1.97. The van der Waals surface area contributed by atoms with Gasteiger partial charge in [0.15, 0.2) is 0 Å². The summed E-state index contributed by atoms with van der Waals surface area (Å²) in [6.07, 6.45) is 0. The van der Waals surface area contributed by atoms with Gasteiger partial charge in [0, 0.05) is 0 Å². The van der Waals surface area contributed by atoms with E-state index in [4.69, 9.17) is 0 Å². The van der Waals surface area contributed by atoms with Gasteiger partial charge >= 0.3 is 0 Å². The maximum atomic E-state index is 2.50. The highest BCUT2D eigenvalue weighted by Gasteiger charge is 2.35. The van der Waals surface area contributed by atoms with E-state index >= 15 is 0 Å². The molecule has 2 aliphatic carbocycles. The monoisotopic (exact) mass is 1080 g/mol. The largest absolute Gasteiger partial charge is 0.0622 e. The summed E-state index contributed by atoms with van der Waals surface area (Å²) in [6.45, 7) is 0. The smallest absolute Gasteiger partial charge is 0.000719 e. The zero-order valence-corrected chi connectivity index (χ0v) is 47.0. The third-order valence-electron chi connectivity index (χ3n) is 18.7. The predicted molar refractivity (Wildman–Crippen MR) is 366 cm³/mol. The molecule has 16 aromatic rings. The van der Waals surface area contributed by atoms with Crippen molar-refractivity contribution in [2.24, 2.45) is 0 Å². The summed E-state index contributed by atoms with van der Waals surface area (Å²) >= 11 is 0. The number of benzene rings is 16. The first kappa shape index (κ1) is 48.4. The van der Waals surface area contributed by atoms with Gasteiger partial charge < -0.3 is 0 Å². The van der Waals surface area contributed by atoms with Gasteiger partial charge in [-0.1, -0.05) is 291 Å². The van der Waals surface area contributed by atoms with E-state index in [1.165, 1.54) is 187 Å². The molecular weight excluding hydrogens is 1030 g/mol. The van der Waals surface area contributed by atoms with Crippen LogP contribution in [0, 0.1) is 0 Å². The van der Waals surface area contributed by atoms with Crippen LogP contribution in [0.1, 0.15) is 0 Å². The van der Waals surface area contributed by atoms with Crippen LogP contribution in [0.4, 0.5) is 0 Å². The Labute approximate surface area is 499 Å². The molecule has 2 aliphatic rings. The quantitative estimate of drug-likeness (QED) is 0.133. The molecule has 0 atom stereocenters. The Morgan fingerprint density at radius 1 is 0.128 bits per heavy atom. The summed E-state index contributed by atoms with van der Waals surface area (Å²) in [5, 5.41) is 12.5. The van der Waals surface area contributed by atoms with Crippen molar-refractivity contribution in [3.05, 3.63) is 315 Å². The Kier molecular flexibility index (Phi) is 10.8. The van der Waals surface area contributed by atoms with Crippen LogP contribution in [-0.2, 0) is 0 Å². The normalized spacial score (nSPS) is 12.0. The van der Waals surface area contributed by atoms with Crippen LogP contribution in [0.25, 0.3) is 187 Å². The van der Waals surface area contributed by atoms with E-state index in [0.717, 1.165) is 0 Å². The second-order valence-electron chi connectivity index (χ2n) is 23.3. The van der Waals surface area contributed by atoms with Crippen LogP contribution < -0.4 is 0 Å². The molecule has 18 rings (SSSR count). The molecule has 0 amide bonds. The Hall–Kier alpha value is -11.2. The first-order valence-electron chi connectivity index (χ1n) is 30.0. The maximum absolute atomic E-state index is 2.50. The minimum absolute atomic E-state index is 1.19. The van der Waals surface area contributed by atoms with E-state index in [-0.39, 0.29) is 0 Å². The molecular formula is C86H52. The van der Waals surface area contributed by atoms with Gasteiger partial charge in [0.25, 0.3) is 0 Å². The Morgan fingerprint density at radius 3 is 0.663 bits per heavy atom. The van der Waals surface area contributed by atoms with Gasteiger partial charge in [-0.25, -0.2) is 0 Å². The summed E-state index contributed by atoms with van der Waals surface area (Å²) in [7, 11) is 0. The first-order chi connectivity index (χ1) is 42.7. The minimum atomic E-state index is 1.19. The summed E-state index contributed by atoms with van der Waals surface area (Å²) in [6, 6.07) is 119. The van der Waals surface area contributed by atoms with Gasteiger partial charge in [-0.2, -0.15) is 0 Å². The molecule has 396 valence electrons. The van der Waals surface area contributed by atoms with Gasteiger partial charge in [-0.15, -0.1) is 0 Å². The van der Waals surface area contributed by atoms with E-state index in [1.807, 2.05) is 0 Å². The lowest BCUT2D eigenvalue weighted by atomic mass is 9.77. The third kappa shape index (κ3) is 7.30. The number of hydrogen-bond donors (Lipinski definition) is 0. The Bertz CT molecular complexity index is 5130. The van der Waals surface area contributed by atoms with E-state index in [9.17, 15) is 0 Å². The summed E-state index contributed by atoms with van der Waals surface area (Å²) < 4.78 is 0. The molecule has 0 unspecified atom stereocenters. The average molecular weight is 1090 g/mol. The topological polar surface area (TPSA) is 0 Å². The average Bonchev–Trinajstić information content (AvgIpc) is 1.47. The van der Waals surface area contributed by atoms with Crippen molar-refractivity contribution in [1.82, 2.24) is 0 Å². The molecule has 0 spiro atoms. The highest BCUT2D eigenvalue weighted by atomic mass is 14.4. The van der Waals surface area contributed by atoms with Gasteiger partial charge in [-0.05, 0) is 212 Å². The van der Waals surface area contributed by atoms with Crippen molar-refractivity contribution in [2.45, 2.75) is 0 Å². The second kappa shape index (κ2) is 19.2. The van der Waals surface area contributed by atoms with E-state index in [1.54, 1.807) is 0 Å². The lowest BCUT2D eigenvalue weighted by Gasteiger charge is -2.25. The summed E-state index contributed by atoms with van der Waals surface area (Å²) in [5.74, 6) is 0. The van der Waals surface area contributed by atoms with Gasteiger partial charge in [-0.3, -0.25) is 0 Å². The van der Waals surface area contributed by atoms with Gasteiger partial charge in [0.1, 0.15) is 0 Å². The van der Waals surface area contributed by atoms with Gasteiger partial charge in [0.05, 0.1) is 0 Å². The van der Waals surface area contributed by atoms with E-state index in [0.29, 0.717) is 0 Å². The minimum Gasteiger partial charge on any atom is -0.0622 e. The highest BCUT2D eigenvalue weighted by Crippen LogP contribution is 2.62. The van der Waals surface area contributed by atoms with Crippen molar-refractivity contribution in [3.63, 3.8) is 0 Å². The fraction of sp³-hybridized carbons (Fsp3) is 0. The van der Waals surface area contributed by atoms with Crippen molar-refractivity contribution < 1.29 is 0 Å². The number of hydrogen-bond acceptors (Lipinski definition) is 0. The Morgan fingerprint density at radius 2 is 0.360 bits per heavy atom. The van der Waals surface area contributed by atoms with Crippen molar-refractivity contribution in [3.8, 4) is 134 Å². The zero-order chi connectivity index (χ0) is 56.4. The lowest BCUT2D eigenvalue weighted by molar-refractivity contribution is 1.59. The molecule has 0 saturated carbocycles. The standard InChI is InChI=1S/C86H52/c1-5-21-53(22-6-1)59-33-13-37-63(49-59)77-73-47-45-68-67(81(73)79(65-39-15-35-61(51-65)55-25-9-3-10-26-55)85-71-43-19-31-57-29-17-41-69(75(57)71)83(77)85)46-48-74-78(64-38-14-34-60(50-64)54-23-7-2-8-24-54)84-70-42-18-30-58-32-20-44-72(76(58)70)86(84)80(82(68)74)66-40-16-36-62(52-66)56-27-11-4-12-28-56/h1-52H. The molecule has 0 N–H and O–H groups in total. The molecule has 0 saturated heterocycles. The highest BCUT2D eigenvalue weighted by molar-refractivity contribution is 6.36. The maximum Gasteiger partial charge on any atom is -0.000719 e. The van der Waals surface area contributed by atoms with Gasteiger partial charge in [0.2, 0.25) is 0 Å². The molecule has 0 heterocycles. The molecule has 0 aromatic heterocycles. The van der Waals surface area contributed by atoms with E-state index < -0.39 is 0 Å². The van der Waals surface area contributed by atoms with Crippen LogP contribution in [-0.4, -0.2) is 0 Å². The zero-order valence-electron chi connectivity index (χ0n) is 47.0. The molecule has 0 radical (unpaired) electrons. The molecule has 16 aromatic carbocycles. The third-order valence-corrected chi connectivity index (χ3v) is 18.7. The first-order valence-corrected chi connectivity index (χ1v) is 30.0. The van der Waals surface area contributed by atoms with Crippen LogP contribution in [0.15, 0.2) is 315 Å². The van der Waals surface area contributed by atoms with Crippen LogP contribution in [0.5, 0.6) is 0 Å². The molecule has 0 nitrogen and oxygen atoms in total. The van der Waals surface area contributed by atoms with Crippen molar-refractivity contribution in [2.75, 3.05) is 0 Å². The SMILES string of the molecule is c1ccc(-c2cccc(-c3c4c(c(-c5cccc(-c6ccccc6)c5)c5c3ccc3c5ccc5c(-c6cccc(-c7ccccc7)c6)c6c(c(-c7cccc(-c8ccccc8)c7)c53)-c3cccc5cccc-6c35)-c3cccc5cccc-4c35)c2)cc1. The number of fused-ring (bicyclic) bond motifs is 11. The molecule has 0 heteroatoms.